The van der Waals surface area contributed by atoms with Gasteiger partial charge in [-0.15, -0.1) is 0 Å². The van der Waals surface area contributed by atoms with Crippen LogP contribution in [0.3, 0.4) is 0 Å². The molecule has 5 rings (SSSR count). The van der Waals surface area contributed by atoms with Crippen LogP contribution < -0.4 is 16.5 Å². The van der Waals surface area contributed by atoms with E-state index >= 15 is 0 Å². The number of para-hydroxylation sites is 1. The Labute approximate surface area is 205 Å². The molecule has 0 atom stereocenters. The molecule has 3 N–H and O–H groups in total. The molecule has 0 fully saturated rings. The fourth-order valence-electron chi connectivity index (χ4n) is 4.38. The molecule has 0 radical (unpaired) electrons. The van der Waals surface area contributed by atoms with Crippen molar-refractivity contribution in [3.8, 4) is 5.69 Å². The summed E-state index contributed by atoms with van der Waals surface area (Å²) in [5.41, 5.74) is 3.22. The molecular formula is C24H23Cl2N7O. The van der Waals surface area contributed by atoms with Gasteiger partial charge < -0.3 is 5.32 Å². The van der Waals surface area contributed by atoms with Gasteiger partial charge in [0.15, 0.2) is 5.65 Å². The summed E-state index contributed by atoms with van der Waals surface area (Å²) in [5, 5.41) is 12.7. The van der Waals surface area contributed by atoms with Crippen LogP contribution in [0.4, 0.5) is 11.6 Å². The van der Waals surface area contributed by atoms with Crippen molar-refractivity contribution in [2.24, 2.45) is 0 Å². The van der Waals surface area contributed by atoms with Gasteiger partial charge in [0.1, 0.15) is 5.49 Å². The van der Waals surface area contributed by atoms with Gasteiger partial charge in [0.2, 0.25) is 5.95 Å². The number of benzene rings is 2. The number of nitrogens with one attached hydrogen (secondary N) is 3. The molecule has 0 aliphatic carbocycles. The van der Waals surface area contributed by atoms with Crippen LogP contribution in [0.25, 0.3) is 16.7 Å². The zero-order chi connectivity index (χ0) is 24.2. The van der Waals surface area contributed by atoms with E-state index in [1.165, 1.54) is 17.3 Å². The topological polar surface area (TPSA) is 103 Å². The lowest BCUT2D eigenvalue weighted by molar-refractivity contribution is 0.143. The van der Waals surface area contributed by atoms with Gasteiger partial charge >= 0.3 is 5.69 Å². The number of H-pyrrole nitrogens is 1. The number of likely N-dealkylation sites (N-methyl/N-ethyl adjacent to an activating group) is 1. The average molecular weight is 496 g/mol. The number of nitrogens with zero attached hydrogens (tertiary/aromatic N) is 4. The van der Waals surface area contributed by atoms with E-state index in [9.17, 15) is 4.79 Å². The number of hydrogen-bond donors (Lipinski definition) is 3. The lowest BCUT2D eigenvalue weighted by Crippen LogP contribution is -2.43. The van der Waals surface area contributed by atoms with Crippen molar-refractivity contribution in [1.82, 2.24) is 24.4 Å². The molecule has 8 nitrogen and oxygen atoms in total. The monoisotopic (exact) mass is 495 g/mol. The number of fused-ring (bicyclic) bond motifs is 2. The average Bonchev–Trinajstić information content (AvgIpc) is 2.78. The minimum Gasteiger partial charge on any atom is -0.324 e. The van der Waals surface area contributed by atoms with Gasteiger partial charge in [0, 0.05) is 24.0 Å². The van der Waals surface area contributed by atoms with E-state index < -0.39 is 5.69 Å². The van der Waals surface area contributed by atoms with E-state index in [4.69, 9.17) is 28.6 Å². The van der Waals surface area contributed by atoms with Crippen molar-refractivity contribution in [3.05, 3.63) is 79.7 Å². The highest BCUT2D eigenvalue weighted by Crippen LogP contribution is 2.35. The fraction of sp³-hybridized carbons (Fsp3) is 0.250. The molecule has 0 saturated heterocycles. The van der Waals surface area contributed by atoms with E-state index in [0.717, 1.165) is 23.2 Å². The van der Waals surface area contributed by atoms with Gasteiger partial charge in [-0.3, -0.25) is 15.3 Å². The molecule has 1 aliphatic heterocycles. The van der Waals surface area contributed by atoms with Gasteiger partial charge in [0.05, 0.1) is 21.1 Å². The van der Waals surface area contributed by atoms with Crippen molar-refractivity contribution in [2.45, 2.75) is 25.8 Å². The molecule has 0 saturated carbocycles. The first-order valence-electron chi connectivity index (χ1n) is 10.8. The molecule has 0 spiro atoms. The van der Waals surface area contributed by atoms with Crippen LogP contribution in [0.15, 0.2) is 47.4 Å². The van der Waals surface area contributed by atoms with Crippen molar-refractivity contribution in [3.63, 3.8) is 0 Å². The summed E-state index contributed by atoms with van der Waals surface area (Å²) in [5.74, 6) is 0.322. The Balaban J connectivity index is 1.53. The minimum absolute atomic E-state index is 0.0322. The molecule has 3 heterocycles. The third-order valence-corrected chi connectivity index (χ3v) is 7.16. The summed E-state index contributed by atoms with van der Waals surface area (Å²) in [6, 6.07) is 11.2. The van der Waals surface area contributed by atoms with Crippen LogP contribution in [-0.4, -0.2) is 38.0 Å². The largest absolute Gasteiger partial charge is 0.333 e. The Bertz CT molecular complexity index is 1540. The van der Waals surface area contributed by atoms with Crippen LogP contribution in [0.1, 0.15) is 25.0 Å². The fourth-order valence-corrected chi connectivity index (χ4v) is 4.95. The van der Waals surface area contributed by atoms with Crippen LogP contribution >= 0.6 is 23.2 Å². The maximum atomic E-state index is 12.9. The van der Waals surface area contributed by atoms with Gasteiger partial charge in [-0.05, 0) is 62.7 Å². The second kappa shape index (κ2) is 8.23. The van der Waals surface area contributed by atoms with Gasteiger partial charge in [-0.25, -0.2) is 14.3 Å². The number of aromatic nitrogens is 4. The Morgan fingerprint density at radius 1 is 1.18 bits per heavy atom. The van der Waals surface area contributed by atoms with E-state index in [2.05, 4.69) is 58.2 Å². The summed E-state index contributed by atoms with van der Waals surface area (Å²) in [6.45, 7) is 5.43. The van der Waals surface area contributed by atoms with E-state index in [0.29, 0.717) is 11.3 Å². The maximum absolute atomic E-state index is 12.9. The highest BCUT2D eigenvalue weighted by molar-refractivity contribution is 6.37. The predicted octanol–water partition coefficient (Wildman–Crippen LogP) is 4.36. The number of rotatable bonds is 3. The zero-order valence-corrected chi connectivity index (χ0v) is 20.4. The molecule has 10 heteroatoms. The smallest absolute Gasteiger partial charge is 0.324 e. The van der Waals surface area contributed by atoms with Crippen LogP contribution in [0, 0.1) is 5.41 Å². The first kappa shape index (κ1) is 22.6. The van der Waals surface area contributed by atoms with E-state index in [1.54, 1.807) is 18.2 Å². The SMILES string of the molecule is CN1CCc2cc(Nc3ncc4c(=N)n(-c5c(Cl)cccc5Cl)c(=O)[nH]c4n3)ccc2C1(C)C. The third kappa shape index (κ3) is 3.68. The number of hydrogen-bond acceptors (Lipinski definition) is 6. The first-order chi connectivity index (χ1) is 16.2. The predicted molar refractivity (Wildman–Crippen MR) is 134 cm³/mol. The molecule has 34 heavy (non-hydrogen) atoms. The van der Waals surface area contributed by atoms with Crippen LogP contribution in [0.2, 0.25) is 10.0 Å². The second-order valence-corrected chi connectivity index (χ2v) is 9.68. The Morgan fingerprint density at radius 2 is 1.91 bits per heavy atom. The third-order valence-electron chi connectivity index (χ3n) is 6.55. The molecular weight excluding hydrogens is 473 g/mol. The molecule has 2 aromatic carbocycles. The van der Waals surface area contributed by atoms with Crippen LogP contribution in [-0.2, 0) is 12.0 Å². The van der Waals surface area contributed by atoms with Crippen molar-refractivity contribution < 1.29 is 0 Å². The maximum Gasteiger partial charge on any atom is 0.333 e. The minimum atomic E-state index is -0.572. The van der Waals surface area contributed by atoms with Gasteiger partial charge in [0.25, 0.3) is 0 Å². The Hall–Kier alpha value is -3.20. The summed E-state index contributed by atoms with van der Waals surface area (Å²) >= 11 is 12.5. The molecule has 0 unspecified atom stereocenters. The van der Waals surface area contributed by atoms with Gasteiger partial charge in [-0.1, -0.05) is 35.3 Å². The van der Waals surface area contributed by atoms with Crippen molar-refractivity contribution >= 4 is 45.9 Å². The summed E-state index contributed by atoms with van der Waals surface area (Å²) < 4.78 is 1.12. The second-order valence-electron chi connectivity index (χ2n) is 8.87. The number of halogens is 2. The number of aromatic amines is 1. The highest BCUT2D eigenvalue weighted by Gasteiger charge is 2.31. The molecule has 4 aromatic rings. The van der Waals surface area contributed by atoms with E-state index in [1.807, 2.05) is 6.07 Å². The van der Waals surface area contributed by atoms with Crippen LogP contribution in [0.5, 0.6) is 0 Å². The highest BCUT2D eigenvalue weighted by atomic mass is 35.5. The van der Waals surface area contributed by atoms with Crippen molar-refractivity contribution in [2.75, 3.05) is 18.9 Å². The summed E-state index contributed by atoms with van der Waals surface area (Å²) in [7, 11) is 2.14. The standard InChI is InChI=1S/C24H23Cl2N7O/c1-24(2)16-8-7-14(11-13(16)9-10-32(24)3)29-22-28-12-15-20(27)33(23(34)31-21(15)30-22)19-17(25)5-4-6-18(19)26/h4-8,11-12,27H,9-10H2,1-3H3,(H2,28,29,30,31,34). The Morgan fingerprint density at radius 3 is 2.65 bits per heavy atom. The Kier molecular flexibility index (Phi) is 5.47. The lowest BCUT2D eigenvalue weighted by Gasteiger charge is -2.41. The number of anilines is 2. The normalized spacial score (nSPS) is 15.3. The lowest BCUT2D eigenvalue weighted by atomic mass is 9.83. The van der Waals surface area contributed by atoms with E-state index in [-0.39, 0.29) is 32.4 Å². The van der Waals surface area contributed by atoms with Crippen molar-refractivity contribution in [1.29, 1.82) is 5.41 Å². The zero-order valence-electron chi connectivity index (χ0n) is 18.9. The van der Waals surface area contributed by atoms with Gasteiger partial charge in [-0.2, -0.15) is 4.98 Å². The molecule has 1 aliphatic rings. The summed E-state index contributed by atoms with van der Waals surface area (Å²) in [4.78, 5) is 26.7. The quantitative estimate of drug-likeness (QED) is 0.391. The molecule has 174 valence electrons. The molecule has 2 aromatic heterocycles. The molecule has 0 bridgehead atoms. The first-order valence-corrected chi connectivity index (χ1v) is 11.5. The molecule has 0 amide bonds. The summed E-state index contributed by atoms with van der Waals surface area (Å²) in [6.07, 6.45) is 2.46.